The third-order valence-corrected chi connectivity index (χ3v) is 2.75. The maximum absolute atomic E-state index is 8.38. The molecule has 0 aliphatic rings. The molecule has 0 aliphatic heterocycles. The maximum atomic E-state index is 8.38. The molecule has 0 radical (unpaired) electrons. The fraction of sp³-hybridized carbons (Fsp3) is 0.500. The van der Waals surface area contributed by atoms with Crippen LogP contribution in [0.5, 0.6) is 0 Å². The van der Waals surface area contributed by atoms with Crippen molar-refractivity contribution in [3.05, 3.63) is 18.1 Å². The largest absolute Gasteiger partial charge is 0.370 e. The summed E-state index contributed by atoms with van der Waals surface area (Å²) in [6, 6.07) is 1.74. The second-order valence-electron chi connectivity index (χ2n) is 4.67. The first-order valence-electron chi connectivity index (χ1n) is 7.27. The van der Waals surface area contributed by atoms with Crippen LogP contribution in [0.2, 0.25) is 0 Å². The van der Waals surface area contributed by atoms with E-state index in [2.05, 4.69) is 25.6 Å². The van der Waals surface area contributed by atoms with Gasteiger partial charge in [-0.15, -0.1) is 0 Å². The van der Waals surface area contributed by atoms with Gasteiger partial charge in [0, 0.05) is 25.6 Å². The number of hydrogen-bond donors (Lipinski definition) is 4. The summed E-state index contributed by atoms with van der Waals surface area (Å²) in [6.07, 6.45) is 7.25. The average molecular weight is 302 g/mol. The Morgan fingerprint density at radius 3 is 3.05 bits per heavy atom. The summed E-state index contributed by atoms with van der Waals surface area (Å²) in [5.41, 5.74) is 5.75. The number of guanidine groups is 1. The SMILES string of the molecule is CCCN=C(N)Nc1ccnc(CCCCC(=N)NC#N)n1. The Kier molecular flexibility index (Phi) is 7.97. The lowest BCUT2D eigenvalue weighted by atomic mass is 10.2. The molecule has 8 nitrogen and oxygen atoms in total. The van der Waals surface area contributed by atoms with E-state index >= 15 is 0 Å². The Morgan fingerprint density at radius 1 is 1.50 bits per heavy atom. The van der Waals surface area contributed by atoms with Crippen LogP contribution >= 0.6 is 0 Å². The van der Waals surface area contributed by atoms with Crippen molar-refractivity contribution in [2.45, 2.75) is 39.0 Å². The summed E-state index contributed by atoms with van der Waals surface area (Å²) in [4.78, 5) is 12.7. The molecule has 1 aromatic rings. The molecule has 5 N–H and O–H groups in total. The van der Waals surface area contributed by atoms with E-state index in [9.17, 15) is 0 Å². The highest BCUT2D eigenvalue weighted by Gasteiger charge is 2.02. The molecule has 0 atom stereocenters. The number of aromatic nitrogens is 2. The molecule has 1 aromatic heterocycles. The van der Waals surface area contributed by atoms with Crippen LogP contribution in [0.25, 0.3) is 0 Å². The zero-order valence-electron chi connectivity index (χ0n) is 12.8. The molecule has 22 heavy (non-hydrogen) atoms. The van der Waals surface area contributed by atoms with E-state index in [1.165, 1.54) is 0 Å². The Morgan fingerprint density at radius 2 is 2.32 bits per heavy atom. The highest BCUT2D eigenvalue weighted by atomic mass is 15.1. The van der Waals surface area contributed by atoms with E-state index < -0.39 is 0 Å². The minimum atomic E-state index is 0.235. The fourth-order valence-electron chi connectivity index (χ4n) is 1.71. The number of unbranched alkanes of at least 4 members (excludes halogenated alkanes) is 1. The topological polar surface area (TPSA) is 136 Å². The van der Waals surface area contributed by atoms with Crippen molar-refractivity contribution >= 4 is 17.6 Å². The molecule has 0 saturated carbocycles. The van der Waals surface area contributed by atoms with Gasteiger partial charge in [-0.3, -0.25) is 15.7 Å². The van der Waals surface area contributed by atoms with Crippen molar-refractivity contribution in [1.29, 1.82) is 10.7 Å². The first-order valence-corrected chi connectivity index (χ1v) is 7.27. The van der Waals surface area contributed by atoms with Gasteiger partial charge < -0.3 is 11.1 Å². The van der Waals surface area contributed by atoms with Gasteiger partial charge in [0.2, 0.25) is 0 Å². The van der Waals surface area contributed by atoms with Crippen molar-refractivity contribution in [3.8, 4) is 6.19 Å². The monoisotopic (exact) mass is 302 g/mol. The third-order valence-electron chi connectivity index (χ3n) is 2.75. The zero-order chi connectivity index (χ0) is 16.2. The highest BCUT2D eigenvalue weighted by Crippen LogP contribution is 2.06. The molecule has 0 aliphatic carbocycles. The summed E-state index contributed by atoms with van der Waals surface area (Å²) < 4.78 is 0. The number of nitriles is 1. The van der Waals surface area contributed by atoms with Crippen molar-refractivity contribution < 1.29 is 0 Å². The van der Waals surface area contributed by atoms with E-state index in [-0.39, 0.29) is 5.84 Å². The molecule has 8 heteroatoms. The summed E-state index contributed by atoms with van der Waals surface area (Å²) in [5.74, 6) is 1.93. The van der Waals surface area contributed by atoms with Gasteiger partial charge in [0.1, 0.15) is 17.5 Å². The van der Waals surface area contributed by atoms with Crippen LogP contribution in [0, 0.1) is 16.9 Å². The van der Waals surface area contributed by atoms with E-state index in [1.54, 1.807) is 18.5 Å². The van der Waals surface area contributed by atoms with Crippen molar-refractivity contribution in [1.82, 2.24) is 15.3 Å². The molecule has 0 bridgehead atoms. The van der Waals surface area contributed by atoms with Crippen LogP contribution in [-0.4, -0.2) is 28.3 Å². The lowest BCUT2D eigenvalue weighted by molar-refractivity contribution is 0.722. The van der Waals surface area contributed by atoms with Crippen molar-refractivity contribution in [3.63, 3.8) is 0 Å². The minimum Gasteiger partial charge on any atom is -0.370 e. The van der Waals surface area contributed by atoms with E-state index in [1.807, 2.05) is 6.92 Å². The van der Waals surface area contributed by atoms with Gasteiger partial charge in [0.25, 0.3) is 0 Å². The number of anilines is 1. The normalized spacial score (nSPS) is 10.8. The molecule has 0 spiro atoms. The molecule has 1 rings (SSSR count). The fourth-order valence-corrected chi connectivity index (χ4v) is 1.71. The second kappa shape index (κ2) is 10.1. The number of nitrogens with one attached hydrogen (secondary N) is 3. The standard InChI is InChI=1S/C14H22N8/c1-2-8-19-14(17)22-13-7-9-18-12(21-13)6-4-3-5-11(16)20-10-15/h7,9H,2-6,8H2,1H3,(H2,16,20)(H3,17,18,19,21,22). The lowest BCUT2D eigenvalue weighted by Gasteiger charge is -2.06. The smallest absolute Gasteiger partial charge is 0.194 e. The number of aryl methyl sites for hydroxylation is 1. The number of amidine groups is 1. The summed E-state index contributed by atoms with van der Waals surface area (Å²) in [5, 5.41) is 21.1. The Hall–Kier alpha value is -2.69. The molecule has 118 valence electrons. The average Bonchev–Trinajstić information content (AvgIpc) is 2.50. The van der Waals surface area contributed by atoms with Gasteiger partial charge in [-0.05, 0) is 25.3 Å². The van der Waals surface area contributed by atoms with E-state index in [0.717, 1.165) is 19.3 Å². The van der Waals surface area contributed by atoms with Gasteiger partial charge in [-0.2, -0.15) is 5.26 Å². The molecule has 0 amide bonds. The van der Waals surface area contributed by atoms with Crippen molar-refractivity contribution in [2.24, 2.45) is 10.7 Å². The Balaban J connectivity index is 2.41. The minimum absolute atomic E-state index is 0.235. The Labute approximate surface area is 130 Å². The summed E-state index contributed by atoms with van der Waals surface area (Å²) in [6.45, 7) is 2.71. The maximum Gasteiger partial charge on any atom is 0.194 e. The second-order valence-corrected chi connectivity index (χ2v) is 4.67. The number of hydrogen-bond acceptors (Lipinski definition) is 5. The summed E-state index contributed by atoms with van der Waals surface area (Å²) >= 11 is 0. The summed E-state index contributed by atoms with van der Waals surface area (Å²) in [7, 11) is 0. The van der Waals surface area contributed by atoms with Gasteiger partial charge >= 0.3 is 0 Å². The van der Waals surface area contributed by atoms with Crippen molar-refractivity contribution in [2.75, 3.05) is 11.9 Å². The van der Waals surface area contributed by atoms with Gasteiger partial charge in [0.15, 0.2) is 12.2 Å². The predicted molar refractivity (Wildman–Crippen MR) is 86.5 cm³/mol. The van der Waals surface area contributed by atoms with E-state index in [4.69, 9.17) is 16.4 Å². The zero-order valence-corrected chi connectivity index (χ0v) is 12.8. The molecule has 0 aromatic carbocycles. The molecule has 1 heterocycles. The van der Waals surface area contributed by atoms with Crippen LogP contribution in [0.3, 0.4) is 0 Å². The molecular formula is C14H22N8. The predicted octanol–water partition coefficient (Wildman–Crippen LogP) is 1.37. The quantitative estimate of drug-likeness (QED) is 0.188. The van der Waals surface area contributed by atoms with E-state index in [0.29, 0.717) is 37.0 Å². The number of nitrogens with zero attached hydrogens (tertiary/aromatic N) is 4. The van der Waals surface area contributed by atoms with Crippen LogP contribution in [0.4, 0.5) is 5.82 Å². The third kappa shape index (κ3) is 7.19. The van der Waals surface area contributed by atoms with Gasteiger partial charge in [-0.25, -0.2) is 9.97 Å². The van der Waals surface area contributed by atoms with Gasteiger partial charge in [0.05, 0.1) is 0 Å². The molecule has 0 unspecified atom stereocenters. The Bertz CT molecular complexity index is 546. The van der Waals surface area contributed by atoms with Gasteiger partial charge in [-0.1, -0.05) is 6.92 Å². The van der Waals surface area contributed by atoms with Crippen LogP contribution in [0.15, 0.2) is 17.3 Å². The molecule has 0 fully saturated rings. The first-order chi connectivity index (χ1) is 10.7. The van der Waals surface area contributed by atoms with Crippen LogP contribution < -0.4 is 16.4 Å². The molecule has 0 saturated heterocycles. The molecular weight excluding hydrogens is 280 g/mol. The number of nitrogens with two attached hydrogens (primary N) is 1. The lowest BCUT2D eigenvalue weighted by Crippen LogP contribution is -2.23. The van der Waals surface area contributed by atoms with Crippen LogP contribution in [0.1, 0.15) is 38.4 Å². The van der Waals surface area contributed by atoms with Crippen LogP contribution in [-0.2, 0) is 6.42 Å². The number of aliphatic imine (C=N–C) groups is 1. The highest BCUT2D eigenvalue weighted by molar-refractivity contribution is 5.91. The first kappa shape index (κ1) is 17.4. The number of rotatable bonds is 8.